The Balaban J connectivity index is 1.41. The summed E-state index contributed by atoms with van der Waals surface area (Å²) in [5.74, 6) is 1.11. The highest BCUT2D eigenvalue weighted by molar-refractivity contribution is 7.99. The van der Waals surface area contributed by atoms with E-state index in [4.69, 9.17) is 0 Å². The highest BCUT2D eigenvalue weighted by Gasteiger charge is 2.17. The monoisotopic (exact) mass is 519 g/mol. The van der Waals surface area contributed by atoms with Crippen molar-refractivity contribution in [2.45, 2.75) is 52.0 Å². The van der Waals surface area contributed by atoms with Crippen molar-refractivity contribution < 1.29 is 9.59 Å². The second-order valence-corrected chi connectivity index (χ2v) is 11.1. The lowest BCUT2D eigenvalue weighted by molar-refractivity contribution is 0.0981. The summed E-state index contributed by atoms with van der Waals surface area (Å²) < 4.78 is 2.25. The smallest absolute Gasteiger partial charge is 0.193 e. The van der Waals surface area contributed by atoms with Crippen LogP contribution in [0.2, 0.25) is 0 Å². The van der Waals surface area contributed by atoms with Crippen molar-refractivity contribution >= 4 is 45.1 Å². The first-order valence-electron chi connectivity index (χ1n) is 13.3. The Hall–Kier alpha value is -3.63. The molecule has 0 unspecified atom stereocenters. The van der Waals surface area contributed by atoms with E-state index in [-0.39, 0.29) is 11.6 Å². The molecule has 3 nitrogen and oxygen atoms in total. The van der Waals surface area contributed by atoms with Gasteiger partial charge >= 0.3 is 0 Å². The van der Waals surface area contributed by atoms with E-state index in [0.29, 0.717) is 12.0 Å². The number of ketones is 2. The Labute approximate surface area is 228 Å². The third kappa shape index (κ3) is 4.93. The average Bonchev–Trinajstić information content (AvgIpc) is 3.24. The molecule has 0 saturated heterocycles. The summed E-state index contributed by atoms with van der Waals surface area (Å²) in [6, 6.07) is 26.1. The molecule has 0 bridgehead atoms. The van der Waals surface area contributed by atoms with Gasteiger partial charge in [0.25, 0.3) is 0 Å². The van der Waals surface area contributed by atoms with Crippen molar-refractivity contribution in [3.63, 3.8) is 0 Å². The summed E-state index contributed by atoms with van der Waals surface area (Å²) in [7, 11) is 0. The number of rotatable bonds is 9. The SMILES string of the molecule is CCn1c2ccc(C(=O)CCCSc3c(C)cccc3C)cc2c2cc(C(=O)c3ccccc3C)ccc21. The maximum absolute atomic E-state index is 13.3. The van der Waals surface area contributed by atoms with E-state index < -0.39 is 0 Å². The van der Waals surface area contributed by atoms with Crippen LogP contribution in [-0.2, 0) is 6.54 Å². The molecular weight excluding hydrogens is 486 g/mol. The van der Waals surface area contributed by atoms with Crippen LogP contribution in [-0.4, -0.2) is 21.9 Å². The molecular formula is C34H33NO2S. The third-order valence-corrected chi connectivity index (χ3v) is 8.78. The van der Waals surface area contributed by atoms with E-state index in [1.165, 1.54) is 16.0 Å². The Morgan fingerprint density at radius 2 is 1.34 bits per heavy atom. The Bertz CT molecular complexity index is 1660. The predicted molar refractivity (Wildman–Crippen MR) is 160 cm³/mol. The normalized spacial score (nSPS) is 11.4. The minimum atomic E-state index is 0.0241. The van der Waals surface area contributed by atoms with Crippen molar-refractivity contribution in [1.29, 1.82) is 0 Å². The molecule has 0 aliphatic heterocycles. The van der Waals surface area contributed by atoms with Gasteiger partial charge in [-0.05, 0) is 93.0 Å². The van der Waals surface area contributed by atoms with Gasteiger partial charge in [-0.2, -0.15) is 0 Å². The van der Waals surface area contributed by atoms with Crippen LogP contribution in [0.5, 0.6) is 0 Å². The van der Waals surface area contributed by atoms with Crippen LogP contribution in [0.25, 0.3) is 21.8 Å². The van der Waals surface area contributed by atoms with Crippen molar-refractivity contribution in [3.8, 4) is 0 Å². The summed E-state index contributed by atoms with van der Waals surface area (Å²) in [6.07, 6.45) is 1.36. The second kappa shape index (κ2) is 11.0. The number of benzene rings is 4. The number of aryl methyl sites for hydroxylation is 4. The number of nitrogens with zero attached hydrogens (tertiary/aromatic N) is 1. The van der Waals surface area contributed by atoms with Gasteiger partial charge in [-0.25, -0.2) is 0 Å². The molecule has 5 rings (SSSR count). The molecule has 5 aromatic rings. The lowest BCUT2D eigenvalue weighted by Gasteiger charge is -2.09. The van der Waals surface area contributed by atoms with Crippen molar-refractivity contribution in [2.75, 3.05) is 5.75 Å². The quantitative estimate of drug-likeness (QED) is 0.111. The van der Waals surface area contributed by atoms with Gasteiger partial charge in [0, 0.05) is 56.4 Å². The zero-order valence-corrected chi connectivity index (χ0v) is 23.3. The van der Waals surface area contributed by atoms with Gasteiger partial charge in [0.15, 0.2) is 11.6 Å². The molecule has 0 atom stereocenters. The molecule has 0 aliphatic rings. The van der Waals surface area contributed by atoms with E-state index in [0.717, 1.165) is 57.2 Å². The molecule has 0 saturated carbocycles. The van der Waals surface area contributed by atoms with Crippen LogP contribution in [0, 0.1) is 20.8 Å². The topological polar surface area (TPSA) is 39.1 Å². The third-order valence-electron chi connectivity index (χ3n) is 7.36. The van der Waals surface area contributed by atoms with Gasteiger partial charge in [0.2, 0.25) is 0 Å². The summed E-state index contributed by atoms with van der Waals surface area (Å²) in [5.41, 5.74) is 7.85. The number of aromatic nitrogens is 1. The average molecular weight is 520 g/mol. The molecule has 0 fully saturated rings. The van der Waals surface area contributed by atoms with Crippen LogP contribution >= 0.6 is 11.8 Å². The maximum Gasteiger partial charge on any atom is 0.193 e. The number of Topliss-reactive ketones (excluding diaryl/α,β-unsaturated/α-hetero) is 1. The van der Waals surface area contributed by atoms with Gasteiger partial charge < -0.3 is 4.57 Å². The number of fused-ring (bicyclic) bond motifs is 3. The molecule has 192 valence electrons. The Kier molecular flexibility index (Phi) is 7.53. The zero-order chi connectivity index (χ0) is 26.8. The molecule has 4 heteroatoms. The first-order valence-corrected chi connectivity index (χ1v) is 14.3. The second-order valence-electron chi connectivity index (χ2n) is 9.95. The number of carbonyl (C=O) groups is 2. The van der Waals surface area contributed by atoms with E-state index in [1.54, 1.807) is 0 Å². The number of hydrogen-bond donors (Lipinski definition) is 0. The van der Waals surface area contributed by atoms with Gasteiger partial charge in [0.05, 0.1) is 0 Å². The number of thioether (sulfide) groups is 1. The van der Waals surface area contributed by atoms with E-state index >= 15 is 0 Å². The largest absolute Gasteiger partial charge is 0.341 e. The molecule has 1 aromatic heterocycles. The minimum absolute atomic E-state index is 0.0241. The highest BCUT2D eigenvalue weighted by Crippen LogP contribution is 2.32. The fourth-order valence-corrected chi connectivity index (χ4v) is 6.40. The van der Waals surface area contributed by atoms with Crippen LogP contribution < -0.4 is 0 Å². The van der Waals surface area contributed by atoms with Crippen molar-refractivity contribution in [3.05, 3.63) is 112 Å². The minimum Gasteiger partial charge on any atom is -0.341 e. The summed E-state index contributed by atoms with van der Waals surface area (Å²) >= 11 is 1.84. The molecule has 0 spiro atoms. The molecule has 38 heavy (non-hydrogen) atoms. The van der Waals surface area contributed by atoms with Crippen LogP contribution in [0.4, 0.5) is 0 Å². The van der Waals surface area contributed by atoms with Gasteiger partial charge in [0.1, 0.15) is 0 Å². The summed E-state index contributed by atoms with van der Waals surface area (Å²) in [4.78, 5) is 27.8. The lowest BCUT2D eigenvalue weighted by Crippen LogP contribution is -2.03. The van der Waals surface area contributed by atoms with Gasteiger partial charge in [-0.15, -0.1) is 11.8 Å². The fourth-order valence-electron chi connectivity index (χ4n) is 5.32. The van der Waals surface area contributed by atoms with Crippen LogP contribution in [0.3, 0.4) is 0 Å². The number of carbonyl (C=O) groups excluding carboxylic acids is 2. The molecule has 4 aromatic carbocycles. The first kappa shape index (κ1) is 26.0. The standard InChI is InChI=1S/C34H33NO2S/c1-5-35-30-17-15-25(32(36)14-9-19-38-34-23(3)11-8-12-24(34)4)20-28(30)29-21-26(16-18-31(29)35)33(37)27-13-7-6-10-22(27)2/h6-8,10-13,15-18,20-21H,5,9,14,19H2,1-4H3. The van der Waals surface area contributed by atoms with E-state index in [1.807, 2.05) is 73.3 Å². The zero-order valence-electron chi connectivity index (χ0n) is 22.5. The molecule has 1 heterocycles. The summed E-state index contributed by atoms with van der Waals surface area (Å²) in [6.45, 7) is 9.18. The highest BCUT2D eigenvalue weighted by atomic mass is 32.2. The van der Waals surface area contributed by atoms with Crippen LogP contribution in [0.1, 0.15) is 62.7 Å². The number of hydrogen-bond acceptors (Lipinski definition) is 3. The summed E-state index contributed by atoms with van der Waals surface area (Å²) in [5, 5.41) is 2.04. The molecule has 0 N–H and O–H groups in total. The van der Waals surface area contributed by atoms with Gasteiger partial charge in [-0.1, -0.05) is 42.5 Å². The molecule has 0 amide bonds. The fraction of sp³-hybridized carbons (Fsp3) is 0.235. The van der Waals surface area contributed by atoms with E-state index in [9.17, 15) is 9.59 Å². The molecule has 0 aliphatic carbocycles. The van der Waals surface area contributed by atoms with Crippen molar-refractivity contribution in [2.24, 2.45) is 0 Å². The maximum atomic E-state index is 13.3. The Morgan fingerprint density at radius 3 is 2.00 bits per heavy atom. The van der Waals surface area contributed by atoms with Gasteiger partial charge in [-0.3, -0.25) is 9.59 Å². The lowest BCUT2D eigenvalue weighted by atomic mass is 9.97. The van der Waals surface area contributed by atoms with Crippen LogP contribution in [0.15, 0.2) is 83.8 Å². The first-order chi connectivity index (χ1) is 18.4. The molecule has 0 radical (unpaired) electrons. The Morgan fingerprint density at radius 1 is 0.737 bits per heavy atom. The predicted octanol–water partition coefficient (Wildman–Crippen LogP) is 8.73. The van der Waals surface area contributed by atoms with Crippen molar-refractivity contribution in [1.82, 2.24) is 4.57 Å². The van der Waals surface area contributed by atoms with E-state index in [2.05, 4.69) is 49.6 Å².